The summed E-state index contributed by atoms with van der Waals surface area (Å²) in [4.78, 5) is 57.9. The molecule has 13 heteroatoms. The zero-order valence-corrected chi connectivity index (χ0v) is 26.4. The van der Waals surface area contributed by atoms with Gasteiger partial charge < -0.3 is 10.2 Å². The molecule has 0 bridgehead atoms. The summed E-state index contributed by atoms with van der Waals surface area (Å²) in [5, 5.41) is 1.98. The van der Waals surface area contributed by atoms with Crippen LogP contribution in [0.25, 0.3) is 0 Å². The second kappa shape index (κ2) is 12.4. The Labute approximate surface area is 270 Å². The van der Waals surface area contributed by atoms with Crippen LogP contribution in [0.4, 0.5) is 30.2 Å². The Morgan fingerprint density at radius 2 is 1.61 bits per heavy atom. The van der Waals surface area contributed by atoms with Crippen LogP contribution in [-0.2, 0) is 27.1 Å². The monoisotopic (exact) mass is 666 g/mol. The van der Waals surface area contributed by atoms with Crippen molar-refractivity contribution in [1.82, 2.24) is 4.57 Å². The minimum atomic E-state index is -4.59. The molecule has 1 saturated heterocycles. The van der Waals surface area contributed by atoms with E-state index in [-0.39, 0.29) is 11.6 Å². The van der Waals surface area contributed by atoms with E-state index < -0.39 is 52.1 Å². The van der Waals surface area contributed by atoms with E-state index >= 15 is 0 Å². The highest BCUT2D eigenvalue weighted by atomic mass is 32.2. The fraction of sp³-hybridized carbons (Fsp3) is 0.273. The van der Waals surface area contributed by atoms with Gasteiger partial charge in [-0.15, -0.1) is 0 Å². The number of benzene rings is 3. The number of aromatic nitrogens is 1. The summed E-state index contributed by atoms with van der Waals surface area (Å²) < 4.78 is 40.9. The molecule has 2 aliphatic heterocycles. The molecule has 3 amide bonds. The van der Waals surface area contributed by atoms with Crippen LogP contribution in [0.1, 0.15) is 35.8 Å². The van der Waals surface area contributed by atoms with E-state index in [0.717, 1.165) is 59.6 Å². The number of hydrogen-bond acceptors (Lipinski definition) is 7. The topological polar surface area (TPSA) is 91.7 Å². The molecule has 0 aliphatic carbocycles. The molecule has 2 unspecified atom stereocenters. The number of alkyl halides is 3. The molecule has 6 rings (SSSR count). The summed E-state index contributed by atoms with van der Waals surface area (Å²) in [5.74, 6) is -2.92. The second-order valence-electron chi connectivity index (χ2n) is 10.9. The van der Waals surface area contributed by atoms with Crippen molar-refractivity contribution in [2.24, 2.45) is 5.92 Å². The molecule has 1 aromatic heterocycles. The van der Waals surface area contributed by atoms with Gasteiger partial charge in [-0.1, -0.05) is 59.5 Å². The predicted octanol–water partition coefficient (Wildman–Crippen LogP) is 6.21. The maximum absolute atomic E-state index is 14.0. The van der Waals surface area contributed by atoms with Crippen molar-refractivity contribution in [3.63, 3.8) is 0 Å². The highest BCUT2D eigenvalue weighted by Crippen LogP contribution is 2.54. The largest absolute Gasteiger partial charge is 0.416 e. The number of anilines is 3. The minimum Gasteiger partial charge on any atom is -0.372 e. The number of imide groups is 1. The number of carbonyl (C=O) groups is 3. The summed E-state index contributed by atoms with van der Waals surface area (Å²) in [6.45, 7) is 5.23. The number of carbonyl (C=O) groups excluding carboxylic acids is 3. The number of fused-ring (bicyclic) bond motifs is 2. The van der Waals surface area contributed by atoms with Gasteiger partial charge in [-0.25, -0.2) is 4.90 Å². The Bertz CT molecular complexity index is 1850. The van der Waals surface area contributed by atoms with Crippen molar-refractivity contribution < 1.29 is 27.6 Å². The van der Waals surface area contributed by atoms with Gasteiger partial charge in [-0.05, 0) is 61.9 Å². The first-order valence-corrected chi connectivity index (χ1v) is 16.4. The van der Waals surface area contributed by atoms with Gasteiger partial charge in [0.15, 0.2) is 0 Å². The summed E-state index contributed by atoms with van der Waals surface area (Å²) in [7, 11) is 0. The van der Waals surface area contributed by atoms with Crippen LogP contribution < -0.4 is 20.0 Å². The molecule has 8 nitrogen and oxygen atoms in total. The summed E-state index contributed by atoms with van der Waals surface area (Å²) in [6.07, 6.45) is -4.59. The zero-order valence-electron chi connectivity index (χ0n) is 24.8. The second-order valence-corrected chi connectivity index (χ2v) is 13.0. The van der Waals surface area contributed by atoms with Crippen LogP contribution >= 0.6 is 23.1 Å². The SMILES string of the molecule is CCN(CC)c1ccc([C@H]2c3sc(=O)n(CC(=O)Nc4cccc(C(F)(F)F)c4)c3SC3C(=O)N(c4ccccc4)C(=O)C32)cc1. The molecule has 46 heavy (non-hydrogen) atoms. The quantitative estimate of drug-likeness (QED) is 0.225. The van der Waals surface area contributed by atoms with E-state index in [4.69, 9.17) is 0 Å². The number of thioether (sulfide) groups is 1. The average molecular weight is 667 g/mol. The van der Waals surface area contributed by atoms with E-state index in [9.17, 15) is 32.3 Å². The Hall–Kier alpha value is -4.36. The normalized spacial score (nSPS) is 19.2. The van der Waals surface area contributed by atoms with Gasteiger partial charge in [0.2, 0.25) is 17.7 Å². The van der Waals surface area contributed by atoms with E-state index in [1.165, 1.54) is 21.6 Å². The van der Waals surface area contributed by atoms with Crippen LogP contribution in [0, 0.1) is 5.92 Å². The fourth-order valence-electron chi connectivity index (χ4n) is 6.04. The van der Waals surface area contributed by atoms with Crippen molar-refractivity contribution in [2.45, 2.75) is 42.8 Å². The Kier molecular flexibility index (Phi) is 8.55. The Balaban J connectivity index is 1.38. The van der Waals surface area contributed by atoms with Crippen molar-refractivity contribution >= 4 is 57.9 Å². The van der Waals surface area contributed by atoms with Crippen molar-refractivity contribution in [2.75, 3.05) is 28.2 Å². The lowest BCUT2D eigenvalue weighted by Crippen LogP contribution is -2.33. The third-order valence-corrected chi connectivity index (χ3v) is 10.8. The molecule has 0 radical (unpaired) electrons. The van der Waals surface area contributed by atoms with Crippen molar-refractivity contribution in [3.8, 4) is 0 Å². The number of halogens is 3. The van der Waals surface area contributed by atoms with Crippen LogP contribution in [-0.4, -0.2) is 40.6 Å². The smallest absolute Gasteiger partial charge is 0.372 e. The van der Waals surface area contributed by atoms with E-state index in [2.05, 4.69) is 24.1 Å². The number of nitrogens with zero attached hydrogens (tertiary/aromatic N) is 3. The summed E-state index contributed by atoms with van der Waals surface area (Å²) in [5.41, 5.74) is 1.22. The minimum absolute atomic E-state index is 0.0640. The zero-order chi connectivity index (χ0) is 32.7. The third-order valence-electron chi connectivity index (χ3n) is 8.22. The first kappa shape index (κ1) is 31.6. The number of amides is 3. The number of nitrogens with one attached hydrogen (secondary N) is 1. The van der Waals surface area contributed by atoms with E-state index in [1.54, 1.807) is 30.3 Å². The molecular formula is C33H29F3N4O4S2. The standard InChI is InChI=1S/C33H29F3N4O4S2/c1-3-38(4-2)22-15-13-19(14-16-22)25-26-27(30(43)40(29(26)42)23-11-6-5-7-12-23)45-31-28(25)46-32(44)39(31)18-24(41)37-21-10-8-9-20(17-21)33(34,35)36/h5-17,25-27H,3-4,18H2,1-2H3,(H,37,41)/t25-,26?,27?/m1/s1. The highest BCUT2D eigenvalue weighted by Gasteiger charge is 2.56. The molecule has 1 fully saturated rings. The van der Waals surface area contributed by atoms with Gasteiger partial charge in [0.05, 0.1) is 22.2 Å². The first-order valence-electron chi connectivity index (χ1n) is 14.7. The lowest BCUT2D eigenvalue weighted by atomic mass is 9.83. The average Bonchev–Trinajstić information content (AvgIpc) is 3.48. The Morgan fingerprint density at radius 1 is 0.913 bits per heavy atom. The molecule has 0 saturated carbocycles. The molecule has 2 aliphatic rings. The predicted molar refractivity (Wildman–Crippen MR) is 173 cm³/mol. The number of hydrogen-bond donors (Lipinski definition) is 1. The van der Waals surface area contributed by atoms with Crippen LogP contribution in [0.5, 0.6) is 0 Å². The lowest BCUT2D eigenvalue weighted by Gasteiger charge is -2.31. The van der Waals surface area contributed by atoms with Gasteiger partial charge in [-0.3, -0.25) is 23.7 Å². The molecule has 238 valence electrons. The first-order chi connectivity index (χ1) is 22.0. The van der Waals surface area contributed by atoms with Crippen molar-refractivity contribution in [1.29, 1.82) is 0 Å². The van der Waals surface area contributed by atoms with Gasteiger partial charge >= 0.3 is 11.0 Å². The van der Waals surface area contributed by atoms with Gasteiger partial charge in [-0.2, -0.15) is 13.2 Å². The van der Waals surface area contributed by atoms with E-state index in [1.807, 2.05) is 24.3 Å². The summed E-state index contributed by atoms with van der Waals surface area (Å²) in [6, 6.07) is 20.6. The molecule has 3 atom stereocenters. The summed E-state index contributed by atoms with van der Waals surface area (Å²) >= 11 is 1.99. The molecule has 4 aromatic rings. The third kappa shape index (κ3) is 5.73. The molecule has 3 heterocycles. The maximum atomic E-state index is 14.0. The van der Waals surface area contributed by atoms with Crippen LogP contribution in [0.2, 0.25) is 0 Å². The molecule has 3 aromatic carbocycles. The van der Waals surface area contributed by atoms with Gasteiger partial charge in [0.25, 0.3) is 0 Å². The van der Waals surface area contributed by atoms with E-state index in [0.29, 0.717) is 15.6 Å². The van der Waals surface area contributed by atoms with Gasteiger partial charge in [0.1, 0.15) is 11.8 Å². The number of rotatable bonds is 8. The molecule has 1 N–H and O–H groups in total. The molecule has 0 spiro atoms. The van der Waals surface area contributed by atoms with Crippen molar-refractivity contribution in [3.05, 3.63) is 105 Å². The van der Waals surface area contributed by atoms with Crippen LogP contribution in [0.15, 0.2) is 88.7 Å². The molecular weight excluding hydrogens is 638 g/mol. The lowest BCUT2D eigenvalue weighted by molar-refractivity contribution is -0.137. The van der Waals surface area contributed by atoms with Gasteiger partial charge in [0, 0.05) is 35.3 Å². The fourth-order valence-corrected chi connectivity index (χ4v) is 8.82. The van der Waals surface area contributed by atoms with Crippen LogP contribution in [0.3, 0.4) is 0 Å². The number of para-hydroxylation sites is 1. The number of thiazole rings is 1. The Morgan fingerprint density at radius 3 is 2.26 bits per heavy atom. The highest BCUT2D eigenvalue weighted by molar-refractivity contribution is 8.00. The maximum Gasteiger partial charge on any atom is 0.416 e.